The number of fused-ring (bicyclic) bond motifs is 1. The molecule has 5 rings (SSSR count). The molecule has 0 unspecified atom stereocenters. The van der Waals surface area contributed by atoms with E-state index < -0.39 is 0 Å². The van der Waals surface area contributed by atoms with Crippen molar-refractivity contribution in [1.82, 2.24) is 19.9 Å². The van der Waals surface area contributed by atoms with Gasteiger partial charge < -0.3 is 24.7 Å². The van der Waals surface area contributed by atoms with Crippen LogP contribution in [0.15, 0.2) is 41.7 Å². The Kier molecular flexibility index (Phi) is 6.02. The molecule has 1 fully saturated rings. The highest BCUT2D eigenvalue weighted by molar-refractivity contribution is 6.13. The Hall–Kier alpha value is -3.72. The third-order valence-electron chi connectivity index (χ3n) is 6.03. The van der Waals surface area contributed by atoms with Crippen LogP contribution in [0.5, 0.6) is 5.88 Å². The number of anilines is 2. The van der Waals surface area contributed by atoms with Gasteiger partial charge in [-0.3, -0.25) is 9.79 Å². The number of carbonyl (C=O) groups is 1. The minimum atomic E-state index is -0.0392. The van der Waals surface area contributed by atoms with Gasteiger partial charge in [0.15, 0.2) is 0 Å². The second kappa shape index (κ2) is 9.26. The van der Waals surface area contributed by atoms with Crippen LogP contribution in [0.4, 0.5) is 11.6 Å². The van der Waals surface area contributed by atoms with Crippen LogP contribution in [-0.4, -0.2) is 64.9 Å². The van der Waals surface area contributed by atoms with E-state index in [1.807, 2.05) is 37.5 Å². The largest absolute Gasteiger partial charge is 0.474 e. The smallest absolute Gasteiger partial charge is 0.253 e. The molecule has 0 saturated carbocycles. The van der Waals surface area contributed by atoms with E-state index in [1.165, 1.54) is 0 Å². The van der Waals surface area contributed by atoms with E-state index >= 15 is 0 Å². The quantitative estimate of drug-likeness (QED) is 0.577. The second-order valence-electron chi connectivity index (χ2n) is 8.73. The molecule has 34 heavy (non-hydrogen) atoms. The first-order chi connectivity index (χ1) is 16.5. The standard InChI is InChI=1S/C25H28N6O3/c1-15-13-16(24(32)31(2)3)6-7-19(15)28-25-29-22-21(18(14-27-22)20-5-4-10-26-20)23(30-25)34-17-8-11-33-12-9-17/h4,6-7,10,13-14,17H,5,8-9,11-12H2,1-3H3,(H2,27,28,29,30). The summed E-state index contributed by atoms with van der Waals surface area (Å²) in [6.07, 6.45) is 8.19. The number of carbonyl (C=O) groups excluding carboxylic acids is 1. The third-order valence-corrected chi connectivity index (χ3v) is 6.03. The van der Waals surface area contributed by atoms with Gasteiger partial charge in [0.05, 0.1) is 24.3 Å². The highest BCUT2D eigenvalue weighted by atomic mass is 16.5. The first-order valence-electron chi connectivity index (χ1n) is 11.4. The van der Waals surface area contributed by atoms with E-state index in [1.54, 1.807) is 25.1 Å². The zero-order valence-corrected chi connectivity index (χ0v) is 19.6. The molecule has 9 nitrogen and oxygen atoms in total. The van der Waals surface area contributed by atoms with Gasteiger partial charge in [0.25, 0.3) is 5.91 Å². The number of hydrogen-bond acceptors (Lipinski definition) is 7. The zero-order chi connectivity index (χ0) is 23.7. The molecule has 1 amide bonds. The summed E-state index contributed by atoms with van der Waals surface area (Å²) in [5, 5.41) is 4.14. The summed E-state index contributed by atoms with van der Waals surface area (Å²) >= 11 is 0. The topological polar surface area (TPSA) is 105 Å². The number of amides is 1. The summed E-state index contributed by atoms with van der Waals surface area (Å²) in [7, 11) is 3.48. The van der Waals surface area contributed by atoms with Gasteiger partial charge in [-0.2, -0.15) is 9.97 Å². The molecule has 0 spiro atoms. The summed E-state index contributed by atoms with van der Waals surface area (Å²) in [5.41, 5.74) is 4.97. The second-order valence-corrected chi connectivity index (χ2v) is 8.73. The number of allylic oxidation sites excluding steroid dienone is 1. The van der Waals surface area contributed by atoms with Crippen LogP contribution < -0.4 is 10.1 Å². The molecule has 176 valence electrons. The van der Waals surface area contributed by atoms with Crippen LogP contribution >= 0.6 is 0 Å². The number of rotatable bonds is 6. The lowest BCUT2D eigenvalue weighted by molar-refractivity contribution is 0.0244. The zero-order valence-electron chi connectivity index (χ0n) is 19.6. The maximum atomic E-state index is 12.3. The number of hydrogen-bond donors (Lipinski definition) is 2. The monoisotopic (exact) mass is 460 g/mol. The van der Waals surface area contributed by atoms with E-state index in [-0.39, 0.29) is 12.0 Å². The normalized spacial score (nSPS) is 16.0. The van der Waals surface area contributed by atoms with Gasteiger partial charge in [-0.05, 0) is 30.7 Å². The van der Waals surface area contributed by atoms with Crippen molar-refractivity contribution in [2.24, 2.45) is 4.99 Å². The number of aliphatic imine (C=N–C) groups is 1. The first kappa shape index (κ1) is 22.1. The lowest BCUT2D eigenvalue weighted by Gasteiger charge is -2.23. The van der Waals surface area contributed by atoms with E-state index in [9.17, 15) is 4.79 Å². The third kappa shape index (κ3) is 4.38. The molecule has 2 aliphatic rings. The van der Waals surface area contributed by atoms with Crippen molar-refractivity contribution in [2.75, 3.05) is 32.6 Å². The molecule has 3 aromatic rings. The van der Waals surface area contributed by atoms with Crippen LogP contribution in [0.25, 0.3) is 11.0 Å². The number of nitrogens with zero attached hydrogens (tertiary/aromatic N) is 4. The molecule has 2 aromatic heterocycles. The molecular weight excluding hydrogens is 432 g/mol. The molecule has 0 bridgehead atoms. The van der Waals surface area contributed by atoms with Crippen LogP contribution in [0.2, 0.25) is 0 Å². The van der Waals surface area contributed by atoms with E-state index in [4.69, 9.17) is 19.4 Å². The minimum absolute atomic E-state index is 0.0316. The lowest BCUT2D eigenvalue weighted by Crippen LogP contribution is -2.26. The number of benzene rings is 1. The van der Waals surface area contributed by atoms with Gasteiger partial charge in [-0.25, -0.2) is 0 Å². The van der Waals surface area contributed by atoms with Crippen LogP contribution in [0.1, 0.15) is 40.7 Å². The molecule has 0 atom stereocenters. The van der Waals surface area contributed by atoms with E-state index in [0.29, 0.717) is 36.3 Å². The average Bonchev–Trinajstić information content (AvgIpc) is 3.50. The van der Waals surface area contributed by atoms with Crippen molar-refractivity contribution in [1.29, 1.82) is 0 Å². The van der Waals surface area contributed by atoms with E-state index in [2.05, 4.69) is 15.3 Å². The Bertz CT molecular complexity index is 1290. The van der Waals surface area contributed by atoms with Gasteiger partial charge >= 0.3 is 0 Å². The van der Waals surface area contributed by atoms with Crippen molar-refractivity contribution in [3.8, 4) is 5.88 Å². The number of nitrogens with one attached hydrogen (secondary N) is 2. The van der Waals surface area contributed by atoms with Crippen molar-refractivity contribution < 1.29 is 14.3 Å². The fraction of sp³-hybridized carbons (Fsp3) is 0.360. The molecule has 2 aliphatic heterocycles. The predicted molar refractivity (Wildman–Crippen MR) is 131 cm³/mol. The predicted octanol–water partition coefficient (Wildman–Crippen LogP) is 3.98. The number of ether oxygens (including phenoxy) is 2. The Balaban J connectivity index is 1.50. The average molecular weight is 461 g/mol. The Morgan fingerprint density at radius 3 is 2.76 bits per heavy atom. The maximum absolute atomic E-state index is 12.3. The van der Waals surface area contributed by atoms with Gasteiger partial charge in [0.2, 0.25) is 11.8 Å². The summed E-state index contributed by atoms with van der Waals surface area (Å²) in [6, 6.07) is 5.53. The highest BCUT2D eigenvalue weighted by Crippen LogP contribution is 2.32. The van der Waals surface area contributed by atoms with Crippen LogP contribution in [0.3, 0.4) is 0 Å². The van der Waals surface area contributed by atoms with Gasteiger partial charge in [-0.15, -0.1) is 0 Å². The molecule has 0 radical (unpaired) electrons. The molecule has 1 saturated heterocycles. The number of H-pyrrole nitrogens is 1. The fourth-order valence-corrected chi connectivity index (χ4v) is 4.18. The summed E-state index contributed by atoms with van der Waals surface area (Å²) in [4.78, 5) is 31.1. The van der Waals surface area contributed by atoms with Crippen molar-refractivity contribution in [2.45, 2.75) is 32.3 Å². The van der Waals surface area contributed by atoms with Crippen molar-refractivity contribution in [3.05, 3.63) is 53.4 Å². The summed E-state index contributed by atoms with van der Waals surface area (Å²) < 4.78 is 11.9. The van der Waals surface area contributed by atoms with Crippen LogP contribution in [0, 0.1) is 6.92 Å². The first-order valence-corrected chi connectivity index (χ1v) is 11.4. The Morgan fingerprint density at radius 1 is 1.24 bits per heavy atom. The molecule has 9 heteroatoms. The molecule has 1 aromatic carbocycles. The number of aromatic amines is 1. The SMILES string of the molecule is Cc1cc(C(=O)N(C)C)ccc1Nc1nc(OC2CCOCC2)c2c(C3=NC=CC3)c[nH]c2n1. The van der Waals surface area contributed by atoms with Gasteiger partial charge in [0, 0.05) is 62.6 Å². The summed E-state index contributed by atoms with van der Waals surface area (Å²) in [6.45, 7) is 3.31. The number of aromatic nitrogens is 3. The Morgan fingerprint density at radius 2 is 2.06 bits per heavy atom. The lowest BCUT2D eigenvalue weighted by atomic mass is 10.1. The maximum Gasteiger partial charge on any atom is 0.253 e. The molecule has 4 heterocycles. The van der Waals surface area contributed by atoms with E-state index in [0.717, 1.165) is 47.2 Å². The molecule has 2 N–H and O–H groups in total. The number of aryl methyl sites for hydroxylation is 1. The Labute approximate surface area is 197 Å². The van der Waals surface area contributed by atoms with Gasteiger partial charge in [-0.1, -0.05) is 6.08 Å². The fourth-order valence-electron chi connectivity index (χ4n) is 4.18. The molecular formula is C25H28N6O3. The highest BCUT2D eigenvalue weighted by Gasteiger charge is 2.23. The van der Waals surface area contributed by atoms with Crippen molar-refractivity contribution in [3.63, 3.8) is 0 Å². The van der Waals surface area contributed by atoms with Gasteiger partial charge in [0.1, 0.15) is 11.8 Å². The summed E-state index contributed by atoms with van der Waals surface area (Å²) in [5.74, 6) is 0.911. The van der Waals surface area contributed by atoms with Crippen LogP contribution in [-0.2, 0) is 4.74 Å². The minimum Gasteiger partial charge on any atom is -0.474 e. The molecule has 0 aliphatic carbocycles. The van der Waals surface area contributed by atoms with Crippen molar-refractivity contribution >= 4 is 34.3 Å².